The van der Waals surface area contributed by atoms with Gasteiger partial charge in [0.2, 0.25) is 5.75 Å². The van der Waals surface area contributed by atoms with Crippen molar-refractivity contribution in [1.82, 2.24) is 0 Å². The molecule has 6 heteroatoms. The van der Waals surface area contributed by atoms with Crippen molar-refractivity contribution in [3.63, 3.8) is 0 Å². The molecular weight excluding hydrogens is 252 g/mol. The van der Waals surface area contributed by atoms with Crippen LogP contribution < -0.4 is 14.2 Å². The Labute approximate surface area is 109 Å². The van der Waals surface area contributed by atoms with Crippen LogP contribution in [0.3, 0.4) is 0 Å². The van der Waals surface area contributed by atoms with E-state index in [0.29, 0.717) is 16.7 Å². The topological polar surface area (TPSA) is 78.1 Å². The van der Waals surface area contributed by atoms with Gasteiger partial charge in [-0.05, 0) is 13.0 Å². The number of rotatable bonds is 5. The molecule has 0 aliphatic heterocycles. The molecular formula is C13H14O6. The van der Waals surface area contributed by atoms with E-state index in [1.165, 1.54) is 27.4 Å². The number of aliphatic hydroxyl groups is 1. The number of hydrogen-bond acceptors (Lipinski definition) is 6. The smallest absolute Gasteiger partial charge is 0.205 e. The third-order valence-corrected chi connectivity index (χ3v) is 2.75. The number of carbonyl (C=O) groups excluding carboxylic acids is 1. The molecule has 2 aromatic rings. The van der Waals surface area contributed by atoms with Gasteiger partial charge in [-0.3, -0.25) is 4.79 Å². The van der Waals surface area contributed by atoms with Crippen molar-refractivity contribution in [2.24, 2.45) is 0 Å². The van der Waals surface area contributed by atoms with E-state index in [9.17, 15) is 4.79 Å². The molecule has 19 heavy (non-hydrogen) atoms. The number of hydrogen-bond donors (Lipinski definition) is 1. The minimum Gasteiger partial charge on any atom is -0.495 e. The molecule has 1 N–H and O–H groups in total. The number of aliphatic hydroxyl groups excluding tert-OH is 1. The Bertz CT molecular complexity index is 613. The molecule has 0 aliphatic carbocycles. The predicted molar refractivity (Wildman–Crippen MR) is 67.0 cm³/mol. The molecule has 0 unspecified atom stereocenters. The normalized spacial score (nSPS) is 10.5. The molecule has 1 heterocycles. The van der Waals surface area contributed by atoms with Crippen LogP contribution in [0.2, 0.25) is 0 Å². The first-order valence-electron chi connectivity index (χ1n) is 5.55. The van der Waals surface area contributed by atoms with Crippen molar-refractivity contribution < 1.29 is 28.5 Å². The average Bonchev–Trinajstić information content (AvgIpc) is 2.85. The zero-order valence-electron chi connectivity index (χ0n) is 10.9. The highest BCUT2D eigenvalue weighted by atomic mass is 16.6. The molecule has 102 valence electrons. The third kappa shape index (κ3) is 2.00. The second-order valence-electron chi connectivity index (χ2n) is 3.76. The molecule has 0 radical (unpaired) electrons. The summed E-state index contributed by atoms with van der Waals surface area (Å²) in [5.41, 5.74) is 0.607. The van der Waals surface area contributed by atoms with Crippen LogP contribution in [-0.4, -0.2) is 31.9 Å². The van der Waals surface area contributed by atoms with E-state index < -0.39 is 6.79 Å². The molecule has 0 saturated carbocycles. The number of carbonyl (C=O) groups is 1. The zero-order chi connectivity index (χ0) is 14.0. The number of fused-ring (bicyclic) bond motifs is 1. The average molecular weight is 266 g/mol. The maximum atomic E-state index is 11.8. The van der Waals surface area contributed by atoms with Crippen molar-refractivity contribution in [2.45, 2.75) is 6.92 Å². The molecule has 1 aromatic carbocycles. The highest BCUT2D eigenvalue weighted by molar-refractivity contribution is 6.08. The van der Waals surface area contributed by atoms with Crippen LogP contribution in [0.25, 0.3) is 11.0 Å². The van der Waals surface area contributed by atoms with E-state index in [2.05, 4.69) is 0 Å². The molecule has 1 aromatic heterocycles. The van der Waals surface area contributed by atoms with Crippen LogP contribution >= 0.6 is 0 Å². The minimum absolute atomic E-state index is 0.108. The summed E-state index contributed by atoms with van der Waals surface area (Å²) < 4.78 is 20.9. The second kappa shape index (κ2) is 5.19. The predicted octanol–water partition coefficient (Wildman–Crippen LogP) is 1.98. The fourth-order valence-electron chi connectivity index (χ4n) is 2.04. The summed E-state index contributed by atoms with van der Waals surface area (Å²) in [7, 11) is 2.88. The number of ketones is 1. The van der Waals surface area contributed by atoms with Gasteiger partial charge >= 0.3 is 0 Å². The van der Waals surface area contributed by atoms with Gasteiger partial charge in [-0.25, -0.2) is 0 Å². The lowest BCUT2D eigenvalue weighted by Gasteiger charge is -2.16. The Balaban J connectivity index is 2.91. The summed E-state index contributed by atoms with van der Waals surface area (Å²) in [4.78, 5) is 11.8. The van der Waals surface area contributed by atoms with E-state index in [1.807, 2.05) is 0 Å². The molecule has 2 rings (SSSR count). The number of ether oxygens (including phenoxy) is 3. The van der Waals surface area contributed by atoms with E-state index in [1.54, 1.807) is 6.07 Å². The maximum absolute atomic E-state index is 11.8. The molecule has 0 spiro atoms. The van der Waals surface area contributed by atoms with Crippen molar-refractivity contribution in [2.75, 3.05) is 21.0 Å². The van der Waals surface area contributed by atoms with Crippen molar-refractivity contribution in [3.8, 4) is 17.2 Å². The molecule has 0 amide bonds. The molecule has 0 saturated heterocycles. The minimum atomic E-state index is -0.591. The first kappa shape index (κ1) is 13.2. The summed E-state index contributed by atoms with van der Waals surface area (Å²) >= 11 is 0. The van der Waals surface area contributed by atoms with Gasteiger partial charge in [-0.15, -0.1) is 0 Å². The van der Waals surface area contributed by atoms with Gasteiger partial charge in [0.15, 0.2) is 23.9 Å². The van der Waals surface area contributed by atoms with Crippen LogP contribution in [0.5, 0.6) is 17.2 Å². The maximum Gasteiger partial charge on any atom is 0.205 e. The SMILES string of the molecule is COc1c(C(C)=O)c(OCO)c(OC)c2occc12. The Kier molecular flexibility index (Phi) is 3.62. The monoisotopic (exact) mass is 266 g/mol. The molecule has 0 bridgehead atoms. The van der Waals surface area contributed by atoms with Crippen LogP contribution in [0.1, 0.15) is 17.3 Å². The van der Waals surface area contributed by atoms with Crippen LogP contribution in [0.4, 0.5) is 0 Å². The van der Waals surface area contributed by atoms with Gasteiger partial charge in [0.05, 0.1) is 25.9 Å². The lowest BCUT2D eigenvalue weighted by molar-refractivity contribution is 0.0901. The quantitative estimate of drug-likeness (QED) is 0.658. The van der Waals surface area contributed by atoms with Gasteiger partial charge < -0.3 is 23.7 Å². The van der Waals surface area contributed by atoms with Crippen LogP contribution in [-0.2, 0) is 0 Å². The first-order valence-corrected chi connectivity index (χ1v) is 5.55. The zero-order valence-corrected chi connectivity index (χ0v) is 10.9. The summed E-state index contributed by atoms with van der Waals surface area (Å²) in [5, 5.41) is 9.58. The van der Waals surface area contributed by atoms with Crippen LogP contribution in [0.15, 0.2) is 16.7 Å². The standard InChI is InChI=1S/C13H14O6/c1-7(15)9-10(16-2)8-4-5-18-11(8)13(17-3)12(9)19-6-14/h4-5,14H,6H2,1-3H3. The highest BCUT2D eigenvalue weighted by Crippen LogP contribution is 2.46. The molecule has 0 fully saturated rings. The van der Waals surface area contributed by atoms with E-state index in [-0.39, 0.29) is 22.8 Å². The Hall–Kier alpha value is -2.21. The van der Waals surface area contributed by atoms with E-state index >= 15 is 0 Å². The molecule has 6 nitrogen and oxygen atoms in total. The third-order valence-electron chi connectivity index (χ3n) is 2.75. The van der Waals surface area contributed by atoms with Crippen molar-refractivity contribution in [1.29, 1.82) is 0 Å². The number of benzene rings is 1. The van der Waals surface area contributed by atoms with E-state index in [4.69, 9.17) is 23.7 Å². The first-order chi connectivity index (χ1) is 9.15. The molecule has 0 aliphatic rings. The summed E-state index contributed by atoms with van der Waals surface area (Å²) in [5.74, 6) is 0.430. The van der Waals surface area contributed by atoms with Crippen LogP contribution in [0, 0.1) is 0 Å². The number of furan rings is 1. The summed E-state index contributed by atoms with van der Waals surface area (Å²) in [6, 6.07) is 1.67. The number of Topliss-reactive ketones (excluding diaryl/α,β-unsaturated/α-hetero) is 1. The number of methoxy groups -OCH3 is 2. The second-order valence-corrected chi connectivity index (χ2v) is 3.76. The van der Waals surface area contributed by atoms with Crippen molar-refractivity contribution in [3.05, 3.63) is 17.9 Å². The largest absolute Gasteiger partial charge is 0.495 e. The van der Waals surface area contributed by atoms with Gasteiger partial charge in [0, 0.05) is 0 Å². The summed E-state index contributed by atoms with van der Waals surface area (Å²) in [6.07, 6.45) is 1.46. The van der Waals surface area contributed by atoms with Gasteiger partial charge in [-0.2, -0.15) is 0 Å². The fraction of sp³-hybridized carbons (Fsp3) is 0.308. The highest BCUT2D eigenvalue weighted by Gasteiger charge is 2.26. The molecule has 0 atom stereocenters. The van der Waals surface area contributed by atoms with Gasteiger partial charge in [-0.1, -0.05) is 0 Å². The van der Waals surface area contributed by atoms with Gasteiger partial charge in [0.25, 0.3) is 0 Å². The summed E-state index contributed by atoms with van der Waals surface area (Å²) in [6.45, 7) is 0.791. The fourth-order valence-corrected chi connectivity index (χ4v) is 2.04. The van der Waals surface area contributed by atoms with Gasteiger partial charge in [0.1, 0.15) is 11.3 Å². The lowest BCUT2D eigenvalue weighted by atomic mass is 10.0. The Morgan fingerprint density at radius 2 is 1.95 bits per heavy atom. The lowest BCUT2D eigenvalue weighted by Crippen LogP contribution is -2.07. The Morgan fingerprint density at radius 3 is 2.47 bits per heavy atom. The van der Waals surface area contributed by atoms with Crippen molar-refractivity contribution >= 4 is 16.8 Å². The Morgan fingerprint density at radius 1 is 1.26 bits per heavy atom. The van der Waals surface area contributed by atoms with E-state index in [0.717, 1.165) is 0 Å².